The van der Waals surface area contributed by atoms with Crippen molar-refractivity contribution in [3.8, 4) is 0 Å². The van der Waals surface area contributed by atoms with Gasteiger partial charge in [-0.15, -0.1) is 0 Å². The normalized spacial score (nSPS) is 21.9. The molecule has 1 atom stereocenters. The van der Waals surface area contributed by atoms with Crippen LogP contribution in [0.2, 0.25) is 0 Å². The molecule has 0 spiro atoms. The first kappa shape index (κ1) is 7.71. The summed E-state index contributed by atoms with van der Waals surface area (Å²) in [6.45, 7) is 3.94. The summed E-state index contributed by atoms with van der Waals surface area (Å²) in [4.78, 5) is 8.29. The van der Waals surface area contributed by atoms with Crippen LogP contribution in [0.15, 0.2) is 12.5 Å². The molecule has 2 nitrogen and oxygen atoms in total. The second-order valence-electron chi connectivity index (χ2n) is 3.39. The van der Waals surface area contributed by atoms with E-state index in [1.165, 1.54) is 17.7 Å². The van der Waals surface area contributed by atoms with E-state index in [2.05, 4.69) is 16.9 Å². The smallest absolute Gasteiger partial charge is 0.115 e. The molecule has 2 rings (SSSR count). The summed E-state index contributed by atoms with van der Waals surface area (Å²) in [5, 5.41) is 0. The van der Waals surface area contributed by atoms with Gasteiger partial charge in [0, 0.05) is 11.9 Å². The van der Waals surface area contributed by atoms with Crippen molar-refractivity contribution in [1.29, 1.82) is 0 Å². The summed E-state index contributed by atoms with van der Waals surface area (Å²) in [5.74, 6) is 0.753. The van der Waals surface area contributed by atoms with Gasteiger partial charge < -0.3 is 0 Å². The van der Waals surface area contributed by atoms with E-state index >= 15 is 0 Å². The first-order valence-electron chi connectivity index (χ1n) is 4.47. The van der Waals surface area contributed by atoms with Crippen LogP contribution in [0.4, 0.5) is 0 Å². The fourth-order valence-corrected chi connectivity index (χ4v) is 1.78. The molecule has 1 aliphatic rings. The number of nitrogens with zero attached hydrogens (tertiary/aromatic N) is 2. The van der Waals surface area contributed by atoms with Crippen LogP contribution in [0.25, 0.3) is 0 Å². The maximum absolute atomic E-state index is 4.26. The maximum Gasteiger partial charge on any atom is 0.115 e. The highest BCUT2D eigenvalue weighted by molar-refractivity contribution is 5.19. The van der Waals surface area contributed by atoms with E-state index in [0.717, 1.165) is 25.2 Å². The van der Waals surface area contributed by atoms with Crippen LogP contribution in [0.1, 0.15) is 24.1 Å². The third-order valence-electron chi connectivity index (χ3n) is 2.59. The first-order valence-corrected chi connectivity index (χ1v) is 4.47. The molecule has 0 bridgehead atoms. The maximum atomic E-state index is 4.26. The number of aromatic nitrogens is 2. The van der Waals surface area contributed by atoms with Crippen molar-refractivity contribution in [3.63, 3.8) is 0 Å². The standard InChI is InChI=1S/C10H13N2/c1-2-8-3-4-10-9(5-8)6-11-7-12-10/h6-8H,1-5H2. The summed E-state index contributed by atoms with van der Waals surface area (Å²) < 4.78 is 0. The Kier molecular flexibility index (Phi) is 2.07. The molecule has 0 saturated carbocycles. The minimum Gasteiger partial charge on any atom is -0.245 e. The monoisotopic (exact) mass is 161 g/mol. The SMILES string of the molecule is [CH2]CC1CCc2ncncc2C1. The quantitative estimate of drug-likeness (QED) is 0.627. The minimum atomic E-state index is 0.753. The van der Waals surface area contributed by atoms with E-state index in [1.807, 2.05) is 6.20 Å². The molecule has 1 aromatic rings. The Hall–Kier alpha value is -0.920. The van der Waals surface area contributed by atoms with Crippen LogP contribution in [-0.2, 0) is 12.8 Å². The molecule has 0 amide bonds. The van der Waals surface area contributed by atoms with Gasteiger partial charge in [-0.2, -0.15) is 0 Å². The highest BCUT2D eigenvalue weighted by Crippen LogP contribution is 2.24. The zero-order valence-corrected chi connectivity index (χ0v) is 7.16. The lowest BCUT2D eigenvalue weighted by Gasteiger charge is -2.21. The Bertz CT molecular complexity index is 270. The van der Waals surface area contributed by atoms with E-state index in [1.54, 1.807) is 6.33 Å². The second-order valence-corrected chi connectivity index (χ2v) is 3.39. The van der Waals surface area contributed by atoms with Gasteiger partial charge in [0.1, 0.15) is 6.33 Å². The number of aryl methyl sites for hydroxylation is 1. The van der Waals surface area contributed by atoms with Crippen molar-refractivity contribution >= 4 is 0 Å². The lowest BCUT2D eigenvalue weighted by molar-refractivity contribution is 0.455. The summed E-state index contributed by atoms with van der Waals surface area (Å²) in [6, 6.07) is 0. The van der Waals surface area contributed by atoms with E-state index in [-0.39, 0.29) is 0 Å². The molecule has 1 heterocycles. The van der Waals surface area contributed by atoms with Gasteiger partial charge in [0.05, 0.1) is 0 Å². The molecule has 0 N–H and O–H groups in total. The zero-order chi connectivity index (χ0) is 8.39. The van der Waals surface area contributed by atoms with Gasteiger partial charge in [-0.05, 0) is 30.7 Å². The Balaban J connectivity index is 2.23. The second kappa shape index (κ2) is 3.21. The summed E-state index contributed by atoms with van der Waals surface area (Å²) >= 11 is 0. The number of hydrogen-bond acceptors (Lipinski definition) is 2. The van der Waals surface area contributed by atoms with Crippen LogP contribution in [0.3, 0.4) is 0 Å². The van der Waals surface area contributed by atoms with Crippen molar-refractivity contribution < 1.29 is 0 Å². The Morgan fingerprint density at radius 1 is 1.58 bits per heavy atom. The number of rotatable bonds is 1. The van der Waals surface area contributed by atoms with Crippen molar-refractivity contribution in [2.75, 3.05) is 0 Å². The van der Waals surface area contributed by atoms with Crippen LogP contribution in [0, 0.1) is 12.8 Å². The molecule has 1 radical (unpaired) electrons. The van der Waals surface area contributed by atoms with E-state index in [4.69, 9.17) is 0 Å². The predicted octanol–water partition coefficient (Wildman–Crippen LogP) is 1.81. The highest BCUT2D eigenvalue weighted by atomic mass is 14.8. The van der Waals surface area contributed by atoms with Crippen LogP contribution >= 0.6 is 0 Å². The summed E-state index contributed by atoms with van der Waals surface area (Å²) in [5.41, 5.74) is 2.58. The summed E-state index contributed by atoms with van der Waals surface area (Å²) in [7, 11) is 0. The van der Waals surface area contributed by atoms with Gasteiger partial charge in [0.2, 0.25) is 0 Å². The average Bonchev–Trinajstić information content (AvgIpc) is 2.17. The molecule has 0 aliphatic heterocycles. The summed E-state index contributed by atoms with van der Waals surface area (Å²) in [6.07, 6.45) is 8.10. The van der Waals surface area contributed by atoms with Gasteiger partial charge in [0.25, 0.3) is 0 Å². The Morgan fingerprint density at radius 3 is 3.33 bits per heavy atom. The third kappa shape index (κ3) is 1.33. The Morgan fingerprint density at radius 2 is 2.50 bits per heavy atom. The van der Waals surface area contributed by atoms with Gasteiger partial charge >= 0.3 is 0 Å². The van der Waals surface area contributed by atoms with Gasteiger partial charge in [-0.1, -0.05) is 13.3 Å². The van der Waals surface area contributed by atoms with Crippen molar-refractivity contribution in [2.45, 2.75) is 25.7 Å². The first-order chi connectivity index (χ1) is 5.90. The topological polar surface area (TPSA) is 25.8 Å². The molecule has 63 valence electrons. The fourth-order valence-electron chi connectivity index (χ4n) is 1.78. The van der Waals surface area contributed by atoms with Crippen molar-refractivity contribution in [1.82, 2.24) is 9.97 Å². The third-order valence-corrected chi connectivity index (χ3v) is 2.59. The van der Waals surface area contributed by atoms with Crippen molar-refractivity contribution in [3.05, 3.63) is 30.7 Å². The molecule has 1 aliphatic carbocycles. The molecule has 0 saturated heterocycles. The molecule has 0 aromatic carbocycles. The molecular weight excluding hydrogens is 148 g/mol. The molecule has 0 fully saturated rings. The molecular formula is C10H13N2. The van der Waals surface area contributed by atoms with E-state index in [9.17, 15) is 0 Å². The zero-order valence-electron chi connectivity index (χ0n) is 7.16. The van der Waals surface area contributed by atoms with Gasteiger partial charge in [-0.3, -0.25) is 0 Å². The molecule has 12 heavy (non-hydrogen) atoms. The van der Waals surface area contributed by atoms with E-state index < -0.39 is 0 Å². The number of fused-ring (bicyclic) bond motifs is 1. The van der Waals surface area contributed by atoms with Gasteiger partial charge in [0.15, 0.2) is 0 Å². The van der Waals surface area contributed by atoms with Gasteiger partial charge in [-0.25, -0.2) is 9.97 Å². The average molecular weight is 161 g/mol. The predicted molar refractivity (Wildman–Crippen MR) is 47.5 cm³/mol. The minimum absolute atomic E-state index is 0.753. The lowest BCUT2D eigenvalue weighted by atomic mass is 9.86. The van der Waals surface area contributed by atoms with Crippen molar-refractivity contribution in [2.24, 2.45) is 5.92 Å². The van der Waals surface area contributed by atoms with Crippen LogP contribution in [0.5, 0.6) is 0 Å². The van der Waals surface area contributed by atoms with Crippen LogP contribution < -0.4 is 0 Å². The largest absolute Gasteiger partial charge is 0.245 e. The molecule has 1 aromatic heterocycles. The highest BCUT2D eigenvalue weighted by Gasteiger charge is 2.17. The number of hydrogen-bond donors (Lipinski definition) is 0. The molecule has 2 heteroatoms. The van der Waals surface area contributed by atoms with Crippen LogP contribution in [-0.4, -0.2) is 9.97 Å². The fraction of sp³-hybridized carbons (Fsp3) is 0.500. The van der Waals surface area contributed by atoms with E-state index in [0.29, 0.717) is 0 Å². The lowest BCUT2D eigenvalue weighted by Crippen LogP contribution is -2.14. The molecule has 1 unspecified atom stereocenters. The Labute approximate surface area is 73.1 Å².